The first-order valence-corrected chi connectivity index (χ1v) is 22.5. The Kier molecular flexibility index (Phi) is 12.1. The number of aryl methyl sites for hydroxylation is 2. The number of ether oxygens (including phenoxy) is 2. The van der Waals surface area contributed by atoms with Crippen LogP contribution in [0, 0.1) is 13.8 Å². The number of benzene rings is 2. The number of aliphatic hydroxyl groups is 2. The predicted molar refractivity (Wildman–Crippen MR) is 202 cm³/mol. The summed E-state index contributed by atoms with van der Waals surface area (Å²) in [5.41, 5.74) is -1.79. The summed E-state index contributed by atoms with van der Waals surface area (Å²) in [6.07, 6.45) is -2.71. The summed E-state index contributed by atoms with van der Waals surface area (Å²) in [5, 5.41) is 23.6. The summed E-state index contributed by atoms with van der Waals surface area (Å²) in [4.78, 5) is 53.7. The average molecular weight is 787 g/mol. The summed E-state index contributed by atoms with van der Waals surface area (Å²) in [6, 6.07) is 21.0. The van der Waals surface area contributed by atoms with Crippen LogP contribution in [0.25, 0.3) is 0 Å². The maximum absolute atomic E-state index is 12.7. The molecule has 15 nitrogen and oxygen atoms in total. The van der Waals surface area contributed by atoms with E-state index in [9.17, 15) is 29.4 Å². The smallest absolute Gasteiger partial charge is 0.330 e. The third kappa shape index (κ3) is 8.70. The zero-order chi connectivity index (χ0) is 37.9. The number of rotatable bonds is 14. The number of aromatic amines is 2. The van der Waals surface area contributed by atoms with Crippen LogP contribution in [0.5, 0.6) is 0 Å². The zero-order valence-corrected chi connectivity index (χ0v) is 32.2. The van der Waals surface area contributed by atoms with Gasteiger partial charge < -0.3 is 33.3 Å². The Morgan fingerprint density at radius 3 is 1.87 bits per heavy atom. The number of hydrogen-bond donors (Lipinski definition) is 4. The Bertz CT molecular complexity index is 2140. The predicted octanol–water partition coefficient (Wildman–Crippen LogP) is 1.17. The van der Waals surface area contributed by atoms with Gasteiger partial charge in [0.2, 0.25) is 0 Å². The Morgan fingerprint density at radius 1 is 0.830 bits per heavy atom. The van der Waals surface area contributed by atoms with Crippen molar-refractivity contribution in [2.45, 2.75) is 76.2 Å². The van der Waals surface area contributed by atoms with Gasteiger partial charge >= 0.3 is 18.1 Å². The van der Waals surface area contributed by atoms with Gasteiger partial charge in [-0.05, 0) is 31.7 Å². The summed E-state index contributed by atoms with van der Waals surface area (Å²) in [7, 11) is -2.38. The van der Waals surface area contributed by atoms with Crippen molar-refractivity contribution in [3.8, 4) is 0 Å². The third-order valence-corrected chi connectivity index (χ3v) is 16.6. The van der Waals surface area contributed by atoms with E-state index in [-0.39, 0.29) is 26.1 Å². The van der Waals surface area contributed by atoms with Gasteiger partial charge in [0.1, 0.15) is 32.7 Å². The SMILES string of the molecule is Cc1cn([C@H]2C[C@H](OP(=S)(OCC[Si](C)(c3ccccc3)c3ccccc3)OC[C@H]3O[C@@H](n4cc(C)c(=O)[nH]c4=O)C[C@@H]3O)[C@@H](CO)O2)c(=O)[nH]c1=O. The van der Waals surface area contributed by atoms with Crippen molar-refractivity contribution < 1.29 is 33.3 Å². The van der Waals surface area contributed by atoms with E-state index in [2.05, 4.69) is 40.8 Å². The van der Waals surface area contributed by atoms with Crippen LogP contribution in [-0.2, 0) is 34.9 Å². The zero-order valence-electron chi connectivity index (χ0n) is 29.5. The van der Waals surface area contributed by atoms with Crippen molar-refractivity contribution in [3.05, 3.63) is 126 Å². The molecule has 0 radical (unpaired) electrons. The molecule has 4 heterocycles. The first kappa shape index (κ1) is 39.1. The topological polar surface area (TPSA) is 196 Å². The lowest BCUT2D eigenvalue weighted by Gasteiger charge is -2.31. The molecule has 6 rings (SSSR count). The monoisotopic (exact) mass is 786 g/mol. The molecule has 2 fully saturated rings. The summed E-state index contributed by atoms with van der Waals surface area (Å²) >= 11 is 6.00. The van der Waals surface area contributed by atoms with Gasteiger partial charge in [0, 0.05) is 36.4 Å². The van der Waals surface area contributed by atoms with Crippen LogP contribution in [0.15, 0.2) is 92.2 Å². The molecule has 2 aliphatic heterocycles. The molecule has 2 aliphatic rings. The number of nitrogens with zero attached hydrogens (tertiary/aromatic N) is 2. The first-order chi connectivity index (χ1) is 25.3. The Morgan fingerprint density at radius 2 is 1.34 bits per heavy atom. The summed E-state index contributed by atoms with van der Waals surface area (Å²) < 4.78 is 33.5. The van der Waals surface area contributed by atoms with Gasteiger partial charge in [-0.2, -0.15) is 0 Å². The molecular weight excluding hydrogens is 744 g/mol. The lowest BCUT2D eigenvalue weighted by molar-refractivity contribution is -0.0547. The number of aromatic nitrogens is 4. The highest BCUT2D eigenvalue weighted by Gasteiger charge is 2.43. The van der Waals surface area contributed by atoms with Crippen LogP contribution in [0.3, 0.4) is 0 Å². The molecule has 2 aromatic carbocycles. The number of hydrogen-bond acceptors (Lipinski definition) is 12. The minimum Gasteiger partial charge on any atom is -0.394 e. The van der Waals surface area contributed by atoms with E-state index in [0.29, 0.717) is 17.2 Å². The molecule has 2 saturated heterocycles. The molecule has 4 aromatic rings. The van der Waals surface area contributed by atoms with Gasteiger partial charge in [0.05, 0.1) is 32.0 Å². The third-order valence-electron chi connectivity index (χ3n) is 9.81. The van der Waals surface area contributed by atoms with Gasteiger partial charge in [-0.1, -0.05) is 77.6 Å². The summed E-state index contributed by atoms with van der Waals surface area (Å²) in [6.45, 7) is 1.05. The number of aliphatic hydroxyl groups excluding tert-OH is 2. The van der Waals surface area contributed by atoms with Crippen molar-refractivity contribution in [2.24, 2.45) is 0 Å². The highest BCUT2D eigenvalue weighted by molar-refractivity contribution is 8.07. The molecule has 1 unspecified atom stereocenters. The minimum atomic E-state index is -3.72. The lowest BCUT2D eigenvalue weighted by atomic mass is 10.2. The maximum Gasteiger partial charge on any atom is 0.330 e. The van der Waals surface area contributed by atoms with E-state index in [0.717, 1.165) is 0 Å². The van der Waals surface area contributed by atoms with Gasteiger partial charge in [0.25, 0.3) is 11.1 Å². The van der Waals surface area contributed by atoms with E-state index in [4.69, 9.17) is 34.9 Å². The largest absolute Gasteiger partial charge is 0.394 e. The maximum atomic E-state index is 12.7. The second-order valence-corrected chi connectivity index (χ2v) is 20.8. The van der Waals surface area contributed by atoms with Crippen LogP contribution in [0.1, 0.15) is 36.4 Å². The normalized spacial score (nSPS) is 24.3. The van der Waals surface area contributed by atoms with Crippen LogP contribution in [-0.4, -0.2) is 81.6 Å². The highest BCUT2D eigenvalue weighted by Crippen LogP contribution is 2.54. The standard InChI is InChI=1S/C35H43N4O11PSSi/c1-22-18-38(34(44)36-32(22)42)30-16-26(41)29(49-30)21-47-51(52,46-14-15-53(3,24-10-6-4-7-11-24)25-12-8-5-9-13-25)50-27-17-31(48-28(27)20-40)39-19-23(2)33(43)37-35(39)45/h4-13,18-19,26-31,40-41H,14-17,20-21H2,1-3H3,(H,36,42,44)(H,37,43,45)/t26-,27-,28+,29+,30+,31+,51?/m0/s1. The fourth-order valence-corrected chi connectivity index (χ4v) is 12.2. The summed E-state index contributed by atoms with van der Waals surface area (Å²) in [5.74, 6) is 0. The average Bonchev–Trinajstić information content (AvgIpc) is 3.73. The fourth-order valence-electron chi connectivity index (χ4n) is 6.64. The van der Waals surface area contributed by atoms with Crippen LogP contribution in [0.2, 0.25) is 12.6 Å². The van der Waals surface area contributed by atoms with E-state index in [1.54, 1.807) is 13.8 Å². The van der Waals surface area contributed by atoms with Gasteiger partial charge in [-0.15, -0.1) is 0 Å². The van der Waals surface area contributed by atoms with Crippen molar-refractivity contribution in [3.63, 3.8) is 0 Å². The second-order valence-electron chi connectivity index (χ2n) is 13.5. The Balaban J connectivity index is 1.24. The molecule has 0 spiro atoms. The molecule has 284 valence electrons. The molecule has 0 saturated carbocycles. The molecule has 0 aliphatic carbocycles. The van der Waals surface area contributed by atoms with Crippen LogP contribution in [0.4, 0.5) is 0 Å². The molecule has 4 N–H and O–H groups in total. The van der Waals surface area contributed by atoms with Crippen LogP contribution >= 0.6 is 6.72 Å². The van der Waals surface area contributed by atoms with Gasteiger partial charge in [0.15, 0.2) is 0 Å². The second kappa shape index (κ2) is 16.4. The molecule has 0 amide bonds. The molecule has 0 bridgehead atoms. The van der Waals surface area contributed by atoms with Crippen molar-refractivity contribution in [1.82, 2.24) is 19.1 Å². The van der Waals surface area contributed by atoms with Gasteiger partial charge in [-0.3, -0.25) is 28.7 Å². The van der Waals surface area contributed by atoms with Crippen molar-refractivity contribution >= 4 is 37.0 Å². The quantitative estimate of drug-likeness (QED) is 0.105. The number of nitrogens with one attached hydrogen (secondary N) is 2. The molecule has 2 aromatic heterocycles. The van der Waals surface area contributed by atoms with Crippen LogP contribution < -0.4 is 32.9 Å². The minimum absolute atomic E-state index is 0.0418. The number of H-pyrrole nitrogens is 2. The molecule has 18 heteroatoms. The van der Waals surface area contributed by atoms with Crippen molar-refractivity contribution in [2.75, 3.05) is 19.8 Å². The Hall–Kier alpha value is -3.61. The van der Waals surface area contributed by atoms with Crippen molar-refractivity contribution in [1.29, 1.82) is 0 Å². The molecule has 7 atom stereocenters. The van der Waals surface area contributed by atoms with E-state index < -0.39 is 80.8 Å². The van der Waals surface area contributed by atoms with E-state index in [1.165, 1.54) is 31.9 Å². The molecule has 53 heavy (non-hydrogen) atoms. The first-order valence-electron chi connectivity index (χ1n) is 17.2. The fraction of sp³-hybridized carbons (Fsp3) is 0.429. The molecular formula is C35H43N4O11PSSi. The van der Waals surface area contributed by atoms with E-state index in [1.807, 2.05) is 36.4 Å². The lowest BCUT2D eigenvalue weighted by Crippen LogP contribution is -2.56. The van der Waals surface area contributed by atoms with Gasteiger partial charge in [-0.25, -0.2) is 9.59 Å². The Labute approximate surface area is 310 Å². The van der Waals surface area contributed by atoms with E-state index >= 15 is 0 Å². The highest BCUT2D eigenvalue weighted by atomic mass is 32.5.